The molecule has 0 bridgehead atoms. The normalized spacial score (nSPS) is 11.7. The third kappa shape index (κ3) is 4.51. The van der Waals surface area contributed by atoms with Crippen molar-refractivity contribution in [3.63, 3.8) is 0 Å². The quantitative estimate of drug-likeness (QED) is 0.535. The lowest BCUT2D eigenvalue weighted by Gasteiger charge is -2.15. The van der Waals surface area contributed by atoms with E-state index in [2.05, 4.69) is 20.7 Å². The lowest BCUT2D eigenvalue weighted by atomic mass is 10.1. The Bertz CT molecular complexity index is 972. The van der Waals surface area contributed by atoms with Crippen LogP contribution in [0, 0.1) is 6.92 Å². The van der Waals surface area contributed by atoms with Gasteiger partial charge >= 0.3 is 11.8 Å². The highest BCUT2D eigenvalue weighted by atomic mass is 35.5. The minimum absolute atomic E-state index is 0.350. The maximum Gasteiger partial charge on any atom is 0.313 e. The van der Waals surface area contributed by atoms with Crippen LogP contribution >= 0.6 is 11.6 Å². The molecule has 2 amide bonds. The second-order valence-corrected chi connectivity index (χ2v) is 6.38. The van der Waals surface area contributed by atoms with Crippen LogP contribution in [-0.4, -0.2) is 26.6 Å². The summed E-state index contributed by atoms with van der Waals surface area (Å²) in [6, 6.07) is 10.7. The molecule has 0 aliphatic rings. The average Bonchev–Trinajstić information content (AvgIpc) is 3.19. The second-order valence-electron chi connectivity index (χ2n) is 6.03. The Balaban J connectivity index is 1.65. The molecule has 0 aliphatic heterocycles. The van der Waals surface area contributed by atoms with Crippen molar-refractivity contribution in [1.29, 1.82) is 0 Å². The number of amides is 2. The van der Waals surface area contributed by atoms with Crippen molar-refractivity contribution in [2.24, 2.45) is 0 Å². The molecule has 3 rings (SSSR count). The molecule has 0 radical (unpaired) electrons. The maximum absolute atomic E-state index is 12.2. The molecule has 0 spiro atoms. The second kappa shape index (κ2) is 8.01. The van der Waals surface area contributed by atoms with Crippen LogP contribution < -0.4 is 10.6 Å². The fourth-order valence-corrected chi connectivity index (χ4v) is 2.62. The van der Waals surface area contributed by atoms with Crippen molar-refractivity contribution >= 4 is 29.1 Å². The lowest BCUT2D eigenvalue weighted by molar-refractivity contribution is -0.136. The fourth-order valence-electron chi connectivity index (χ4n) is 2.52. The van der Waals surface area contributed by atoms with E-state index in [4.69, 9.17) is 11.6 Å². The van der Waals surface area contributed by atoms with Crippen molar-refractivity contribution in [3.8, 4) is 5.69 Å². The summed E-state index contributed by atoms with van der Waals surface area (Å²) in [5.41, 5.74) is 2.84. The Labute approximate surface area is 161 Å². The summed E-state index contributed by atoms with van der Waals surface area (Å²) in [4.78, 5) is 28.3. The van der Waals surface area contributed by atoms with Crippen LogP contribution in [-0.2, 0) is 9.59 Å². The van der Waals surface area contributed by atoms with E-state index in [0.717, 1.165) is 11.3 Å². The van der Waals surface area contributed by atoms with E-state index in [1.165, 1.54) is 6.20 Å². The monoisotopic (exact) mass is 383 g/mol. The van der Waals surface area contributed by atoms with Gasteiger partial charge in [0.1, 0.15) is 5.15 Å². The zero-order valence-electron chi connectivity index (χ0n) is 14.8. The molecule has 0 fully saturated rings. The number of benzene rings is 1. The third-order valence-electron chi connectivity index (χ3n) is 3.97. The van der Waals surface area contributed by atoms with Crippen molar-refractivity contribution in [1.82, 2.24) is 20.1 Å². The van der Waals surface area contributed by atoms with Crippen LogP contribution in [0.2, 0.25) is 5.15 Å². The number of aromatic nitrogens is 3. The van der Waals surface area contributed by atoms with Crippen LogP contribution in [0.1, 0.15) is 24.1 Å². The number of rotatable bonds is 4. The zero-order valence-corrected chi connectivity index (χ0v) is 15.6. The summed E-state index contributed by atoms with van der Waals surface area (Å²) in [6.45, 7) is 3.57. The smallest absolute Gasteiger partial charge is 0.313 e. The molecule has 27 heavy (non-hydrogen) atoms. The Kier molecular flexibility index (Phi) is 5.52. The van der Waals surface area contributed by atoms with Crippen molar-refractivity contribution < 1.29 is 9.59 Å². The summed E-state index contributed by atoms with van der Waals surface area (Å²) >= 11 is 5.86. The number of nitrogens with one attached hydrogen (secondary N) is 2. The van der Waals surface area contributed by atoms with Crippen LogP contribution in [0.5, 0.6) is 0 Å². The molecule has 2 N–H and O–H groups in total. The summed E-state index contributed by atoms with van der Waals surface area (Å²) in [5.74, 6) is -1.51. The first-order chi connectivity index (χ1) is 12.9. The molecule has 2 heterocycles. The summed E-state index contributed by atoms with van der Waals surface area (Å²) in [6.07, 6.45) is 4.92. The van der Waals surface area contributed by atoms with Gasteiger partial charge in [0.25, 0.3) is 0 Å². The van der Waals surface area contributed by atoms with E-state index < -0.39 is 11.8 Å². The Morgan fingerprint density at radius 2 is 2.00 bits per heavy atom. The summed E-state index contributed by atoms with van der Waals surface area (Å²) < 4.78 is 1.72. The van der Waals surface area contributed by atoms with Crippen LogP contribution in [0.25, 0.3) is 5.69 Å². The Hall–Kier alpha value is -3.19. The van der Waals surface area contributed by atoms with Gasteiger partial charge in [-0.1, -0.05) is 23.7 Å². The van der Waals surface area contributed by atoms with Crippen LogP contribution in [0.3, 0.4) is 0 Å². The number of hydrogen-bond donors (Lipinski definition) is 2. The van der Waals surface area contributed by atoms with Gasteiger partial charge in [0.05, 0.1) is 23.6 Å². The van der Waals surface area contributed by atoms with Crippen LogP contribution in [0.4, 0.5) is 5.69 Å². The number of pyridine rings is 1. The van der Waals surface area contributed by atoms with E-state index in [-0.39, 0.29) is 6.04 Å². The molecule has 3 aromatic rings. The minimum Gasteiger partial charge on any atom is -0.341 e. The number of hydrogen-bond acceptors (Lipinski definition) is 4. The molecular formula is C19H18ClN5O2. The van der Waals surface area contributed by atoms with Gasteiger partial charge in [0.2, 0.25) is 0 Å². The van der Waals surface area contributed by atoms with E-state index in [1.807, 2.05) is 36.5 Å². The van der Waals surface area contributed by atoms with Gasteiger partial charge in [-0.15, -0.1) is 0 Å². The van der Waals surface area contributed by atoms with Crippen molar-refractivity contribution in [3.05, 3.63) is 71.3 Å². The molecule has 2 aromatic heterocycles. The van der Waals surface area contributed by atoms with E-state index in [9.17, 15) is 9.59 Å². The Morgan fingerprint density at radius 1 is 1.19 bits per heavy atom. The predicted molar refractivity (Wildman–Crippen MR) is 103 cm³/mol. The highest BCUT2D eigenvalue weighted by molar-refractivity contribution is 6.39. The van der Waals surface area contributed by atoms with Crippen molar-refractivity contribution in [2.45, 2.75) is 19.9 Å². The summed E-state index contributed by atoms with van der Waals surface area (Å²) in [5, 5.41) is 9.74. The SMILES string of the molecule is Cc1cc(NC(=O)C(=O)NC(C)c2cccc(-n3cccn3)c2)cnc1Cl. The minimum atomic E-state index is -0.770. The topological polar surface area (TPSA) is 88.9 Å². The van der Waals surface area contributed by atoms with Gasteiger partial charge in [0, 0.05) is 12.4 Å². The van der Waals surface area contributed by atoms with Gasteiger partial charge in [-0.3, -0.25) is 9.59 Å². The number of carbonyl (C=O) groups excluding carboxylic acids is 2. The summed E-state index contributed by atoms with van der Waals surface area (Å²) in [7, 11) is 0. The molecule has 7 nitrogen and oxygen atoms in total. The van der Waals surface area contributed by atoms with Gasteiger partial charge in [-0.05, 0) is 49.2 Å². The largest absolute Gasteiger partial charge is 0.341 e. The highest BCUT2D eigenvalue weighted by Gasteiger charge is 2.18. The van der Waals surface area contributed by atoms with Crippen molar-refractivity contribution in [2.75, 3.05) is 5.32 Å². The Morgan fingerprint density at radius 3 is 2.70 bits per heavy atom. The first-order valence-electron chi connectivity index (χ1n) is 8.28. The molecule has 1 aromatic carbocycles. The molecule has 1 atom stereocenters. The van der Waals surface area contributed by atoms with E-state index >= 15 is 0 Å². The first kappa shape index (κ1) is 18.6. The number of aryl methyl sites for hydroxylation is 1. The average molecular weight is 384 g/mol. The molecule has 1 unspecified atom stereocenters. The third-order valence-corrected chi connectivity index (χ3v) is 4.36. The number of nitrogens with zero attached hydrogens (tertiary/aromatic N) is 3. The molecular weight excluding hydrogens is 366 g/mol. The molecule has 8 heteroatoms. The van der Waals surface area contributed by atoms with Gasteiger partial charge in [-0.25, -0.2) is 9.67 Å². The number of carbonyl (C=O) groups is 2. The molecule has 138 valence electrons. The van der Waals surface area contributed by atoms with E-state index in [1.54, 1.807) is 30.8 Å². The zero-order chi connectivity index (χ0) is 19.4. The number of anilines is 1. The molecule has 0 saturated heterocycles. The van der Waals surface area contributed by atoms with Gasteiger partial charge in [-0.2, -0.15) is 5.10 Å². The maximum atomic E-state index is 12.2. The van der Waals surface area contributed by atoms with Gasteiger partial charge < -0.3 is 10.6 Å². The number of halogens is 1. The van der Waals surface area contributed by atoms with E-state index in [0.29, 0.717) is 16.4 Å². The fraction of sp³-hybridized carbons (Fsp3) is 0.158. The standard InChI is InChI=1S/C19H18ClN5O2/c1-12-9-15(11-21-17(12)20)24-19(27)18(26)23-13(2)14-5-3-6-16(10-14)25-8-4-7-22-25/h3-11,13H,1-2H3,(H,23,26)(H,24,27). The first-order valence-corrected chi connectivity index (χ1v) is 8.66. The predicted octanol–water partition coefficient (Wildman–Crippen LogP) is 3.05. The molecule has 0 saturated carbocycles. The van der Waals surface area contributed by atoms with Crippen LogP contribution in [0.15, 0.2) is 55.0 Å². The van der Waals surface area contributed by atoms with Gasteiger partial charge in [0.15, 0.2) is 0 Å². The molecule has 0 aliphatic carbocycles. The lowest BCUT2D eigenvalue weighted by Crippen LogP contribution is -2.37. The highest BCUT2D eigenvalue weighted by Crippen LogP contribution is 2.18.